The van der Waals surface area contributed by atoms with Gasteiger partial charge in [0.15, 0.2) is 0 Å². The van der Waals surface area contributed by atoms with Gasteiger partial charge in [-0.3, -0.25) is 14.9 Å². The molecular formula is C27H26F3N7O. The molecule has 4 aromatic rings. The van der Waals surface area contributed by atoms with Gasteiger partial charge in [0.05, 0.1) is 11.4 Å². The Morgan fingerprint density at radius 3 is 2.37 bits per heavy atom. The van der Waals surface area contributed by atoms with Crippen molar-refractivity contribution < 1.29 is 17.7 Å². The summed E-state index contributed by atoms with van der Waals surface area (Å²) in [4.78, 5) is 10.5. The molecule has 1 aliphatic rings. The van der Waals surface area contributed by atoms with Gasteiger partial charge in [0, 0.05) is 56.0 Å². The number of anilines is 1. The minimum Gasteiger partial charge on any atom is -0.392 e. The maximum absolute atomic E-state index is 14.5. The standard InChI is InChI=1S/C27H26F3N7O/c28-21-3-1-2-4-22(21)37(32)24(19-9-13-33-14-10-19)23(31)26-34-25(35-38-26)20-7-5-18(6-8-20)17-36-15-11-27(29,30)12-16-36/h1-10,13-14H,11-12,15-17,31-32H2/b24-23-. The van der Waals surface area contributed by atoms with E-state index in [-0.39, 0.29) is 35.8 Å². The van der Waals surface area contributed by atoms with Crippen LogP contribution in [0.4, 0.5) is 18.9 Å². The Morgan fingerprint density at radius 1 is 1.00 bits per heavy atom. The number of rotatable bonds is 7. The second-order valence-corrected chi connectivity index (χ2v) is 9.07. The van der Waals surface area contributed by atoms with Gasteiger partial charge in [0.2, 0.25) is 5.82 Å². The van der Waals surface area contributed by atoms with Gasteiger partial charge in [-0.1, -0.05) is 41.6 Å². The zero-order valence-electron chi connectivity index (χ0n) is 20.4. The van der Waals surface area contributed by atoms with Gasteiger partial charge in [0.25, 0.3) is 11.8 Å². The molecule has 11 heteroatoms. The second-order valence-electron chi connectivity index (χ2n) is 9.07. The molecule has 0 saturated carbocycles. The normalized spacial score (nSPS) is 16.2. The van der Waals surface area contributed by atoms with Crippen molar-refractivity contribution in [2.45, 2.75) is 25.3 Å². The SMILES string of the molecule is N/C(=C(/c1ccncc1)N(N)c1ccccc1F)c1nc(-c2ccc(CN3CCC(F)(F)CC3)cc2)no1. The first-order valence-electron chi connectivity index (χ1n) is 12.0. The number of likely N-dealkylation sites (tertiary alicyclic amines) is 1. The number of aromatic nitrogens is 3. The molecule has 2 aromatic carbocycles. The summed E-state index contributed by atoms with van der Waals surface area (Å²) in [5, 5.41) is 5.19. The van der Waals surface area contributed by atoms with E-state index < -0.39 is 11.7 Å². The zero-order valence-corrected chi connectivity index (χ0v) is 20.4. The smallest absolute Gasteiger partial charge is 0.276 e. The van der Waals surface area contributed by atoms with E-state index in [9.17, 15) is 13.2 Å². The summed E-state index contributed by atoms with van der Waals surface area (Å²) in [7, 11) is 0. The van der Waals surface area contributed by atoms with E-state index in [1.165, 1.54) is 12.1 Å². The number of hydrogen-bond acceptors (Lipinski definition) is 8. The average Bonchev–Trinajstić information content (AvgIpc) is 3.42. The molecule has 0 aliphatic carbocycles. The molecule has 0 unspecified atom stereocenters. The molecule has 5 rings (SSSR count). The predicted octanol–water partition coefficient (Wildman–Crippen LogP) is 4.67. The molecule has 0 bridgehead atoms. The van der Waals surface area contributed by atoms with Crippen LogP contribution in [0.2, 0.25) is 0 Å². The second kappa shape index (κ2) is 10.6. The molecule has 1 fully saturated rings. The van der Waals surface area contributed by atoms with Crippen molar-refractivity contribution >= 4 is 17.1 Å². The molecule has 4 N–H and O–H groups in total. The maximum atomic E-state index is 14.5. The summed E-state index contributed by atoms with van der Waals surface area (Å²) in [5.74, 6) is 3.55. The van der Waals surface area contributed by atoms with Crippen molar-refractivity contribution in [3.8, 4) is 11.4 Å². The largest absolute Gasteiger partial charge is 0.392 e. The van der Waals surface area contributed by atoms with E-state index in [0.717, 1.165) is 10.6 Å². The molecule has 1 saturated heterocycles. The number of para-hydroxylation sites is 1. The van der Waals surface area contributed by atoms with Crippen LogP contribution in [-0.4, -0.2) is 39.0 Å². The highest BCUT2D eigenvalue weighted by Crippen LogP contribution is 2.31. The van der Waals surface area contributed by atoms with E-state index in [1.807, 2.05) is 29.2 Å². The van der Waals surface area contributed by atoms with Crippen LogP contribution >= 0.6 is 0 Å². The Hall–Kier alpha value is -4.22. The number of hydrogen-bond donors (Lipinski definition) is 2. The molecular weight excluding hydrogens is 495 g/mol. The summed E-state index contributed by atoms with van der Waals surface area (Å²) in [5.41, 5.74) is 9.13. The van der Waals surface area contributed by atoms with Crippen molar-refractivity contribution in [1.29, 1.82) is 0 Å². The zero-order chi connectivity index (χ0) is 26.7. The Kier molecular flexibility index (Phi) is 7.12. The van der Waals surface area contributed by atoms with Crippen molar-refractivity contribution in [3.63, 3.8) is 0 Å². The van der Waals surface area contributed by atoms with Gasteiger partial charge in [0.1, 0.15) is 11.5 Å². The fourth-order valence-electron chi connectivity index (χ4n) is 4.31. The lowest BCUT2D eigenvalue weighted by Gasteiger charge is -2.31. The van der Waals surface area contributed by atoms with Crippen LogP contribution in [0.1, 0.15) is 29.9 Å². The summed E-state index contributed by atoms with van der Waals surface area (Å²) < 4.78 is 46.8. The Bertz CT molecular complexity index is 1410. The Labute approximate surface area is 217 Å². The lowest BCUT2D eigenvalue weighted by atomic mass is 10.1. The fraction of sp³-hybridized carbons (Fsp3) is 0.222. The highest BCUT2D eigenvalue weighted by atomic mass is 19.3. The van der Waals surface area contributed by atoms with Crippen molar-refractivity contribution in [2.75, 3.05) is 18.1 Å². The van der Waals surface area contributed by atoms with Crippen molar-refractivity contribution in [1.82, 2.24) is 20.0 Å². The van der Waals surface area contributed by atoms with Crippen molar-refractivity contribution in [3.05, 3.63) is 95.9 Å². The van der Waals surface area contributed by atoms with Crippen LogP contribution in [0, 0.1) is 5.82 Å². The van der Waals surface area contributed by atoms with Gasteiger partial charge in [-0.05, 0) is 29.8 Å². The van der Waals surface area contributed by atoms with Crippen LogP contribution in [0.5, 0.6) is 0 Å². The molecule has 2 aromatic heterocycles. The highest BCUT2D eigenvalue weighted by Gasteiger charge is 2.33. The van der Waals surface area contributed by atoms with Crippen molar-refractivity contribution in [2.24, 2.45) is 11.6 Å². The lowest BCUT2D eigenvalue weighted by molar-refractivity contribution is -0.0566. The molecule has 0 radical (unpaired) electrons. The lowest BCUT2D eigenvalue weighted by Crippen LogP contribution is -2.38. The van der Waals surface area contributed by atoms with E-state index in [4.69, 9.17) is 16.1 Å². The topological polar surface area (TPSA) is 110 Å². The van der Waals surface area contributed by atoms with Gasteiger partial charge in [-0.15, -0.1) is 0 Å². The fourth-order valence-corrected chi connectivity index (χ4v) is 4.31. The first kappa shape index (κ1) is 25.4. The molecule has 0 atom stereocenters. The quantitative estimate of drug-likeness (QED) is 0.267. The third-order valence-corrected chi connectivity index (χ3v) is 6.42. The maximum Gasteiger partial charge on any atom is 0.276 e. The molecule has 38 heavy (non-hydrogen) atoms. The monoisotopic (exact) mass is 521 g/mol. The van der Waals surface area contributed by atoms with Crippen LogP contribution in [0.3, 0.4) is 0 Å². The number of piperidine rings is 1. The van der Waals surface area contributed by atoms with Gasteiger partial charge in [-0.25, -0.2) is 19.0 Å². The number of hydrazine groups is 1. The number of nitrogens with two attached hydrogens (primary N) is 2. The number of pyridine rings is 1. The summed E-state index contributed by atoms with van der Waals surface area (Å²) in [6, 6.07) is 16.9. The summed E-state index contributed by atoms with van der Waals surface area (Å²) in [6.07, 6.45) is 2.89. The number of nitrogens with zero attached hydrogens (tertiary/aromatic N) is 5. The average molecular weight is 522 g/mol. The van der Waals surface area contributed by atoms with E-state index >= 15 is 0 Å². The predicted molar refractivity (Wildman–Crippen MR) is 137 cm³/mol. The molecule has 3 heterocycles. The summed E-state index contributed by atoms with van der Waals surface area (Å²) in [6.45, 7) is 1.31. The van der Waals surface area contributed by atoms with Crippen LogP contribution in [0.15, 0.2) is 77.6 Å². The first-order valence-corrected chi connectivity index (χ1v) is 12.0. The number of benzene rings is 2. The highest BCUT2D eigenvalue weighted by molar-refractivity contribution is 5.93. The minimum absolute atomic E-state index is 0.0110. The molecule has 0 amide bonds. The number of alkyl halides is 2. The minimum atomic E-state index is -2.57. The van der Waals surface area contributed by atoms with Crippen LogP contribution in [0.25, 0.3) is 22.8 Å². The third kappa shape index (κ3) is 5.53. The van der Waals surface area contributed by atoms with E-state index in [2.05, 4.69) is 15.1 Å². The molecule has 1 aliphatic heterocycles. The van der Waals surface area contributed by atoms with Gasteiger partial charge in [-0.2, -0.15) is 4.98 Å². The summed E-state index contributed by atoms with van der Waals surface area (Å²) >= 11 is 0. The van der Waals surface area contributed by atoms with Gasteiger partial charge < -0.3 is 10.3 Å². The van der Waals surface area contributed by atoms with E-state index in [1.54, 1.807) is 36.7 Å². The first-order chi connectivity index (χ1) is 18.3. The Morgan fingerprint density at radius 2 is 1.68 bits per heavy atom. The van der Waals surface area contributed by atoms with Crippen LogP contribution in [-0.2, 0) is 6.54 Å². The third-order valence-electron chi connectivity index (χ3n) is 6.42. The number of halogens is 3. The molecule has 196 valence electrons. The molecule has 0 spiro atoms. The Balaban J connectivity index is 1.40. The van der Waals surface area contributed by atoms with Gasteiger partial charge >= 0.3 is 0 Å². The van der Waals surface area contributed by atoms with E-state index in [0.29, 0.717) is 36.6 Å². The molecule has 8 nitrogen and oxygen atoms in total. The van der Waals surface area contributed by atoms with Crippen LogP contribution < -0.4 is 16.6 Å².